The number of halogens is 1. The normalized spacial score (nSPS) is 15.4. The molecule has 5 nitrogen and oxygen atoms in total. The van der Waals surface area contributed by atoms with Gasteiger partial charge in [-0.05, 0) is 19.8 Å². The number of hydrogen-bond acceptors (Lipinski definition) is 4. The molecule has 0 saturated carbocycles. The first kappa shape index (κ1) is 15.5. The zero-order chi connectivity index (χ0) is 11.3. The monoisotopic (exact) mass is 270 g/mol. The summed E-state index contributed by atoms with van der Waals surface area (Å²) in [6.45, 7) is 4.79. The predicted molar refractivity (Wildman–Crippen MR) is 66.0 cm³/mol. The summed E-state index contributed by atoms with van der Waals surface area (Å²) in [5.74, 6) is -0.137. The van der Waals surface area contributed by atoms with Crippen LogP contribution in [0.25, 0.3) is 0 Å². The van der Waals surface area contributed by atoms with Crippen LogP contribution in [0, 0.1) is 0 Å². The van der Waals surface area contributed by atoms with Gasteiger partial charge < -0.3 is 9.80 Å². The lowest BCUT2D eigenvalue weighted by Crippen LogP contribution is -2.26. The van der Waals surface area contributed by atoms with Gasteiger partial charge >= 0.3 is 0 Å². The number of hydrogen-bond donors (Lipinski definition) is 1. The van der Waals surface area contributed by atoms with Crippen molar-refractivity contribution in [2.45, 2.75) is 19.8 Å². The predicted octanol–water partition coefficient (Wildman–Crippen LogP) is 1.14. The van der Waals surface area contributed by atoms with Gasteiger partial charge in [0.25, 0.3) is 10.1 Å². The summed E-state index contributed by atoms with van der Waals surface area (Å²) in [6, 6.07) is 0. The summed E-state index contributed by atoms with van der Waals surface area (Å²) in [4.78, 5) is 4.30. The molecule has 0 spiro atoms. The van der Waals surface area contributed by atoms with Gasteiger partial charge in [0.2, 0.25) is 0 Å². The third kappa shape index (κ3) is 6.19. The van der Waals surface area contributed by atoms with E-state index in [1.807, 2.05) is 12.4 Å². The lowest BCUT2D eigenvalue weighted by molar-refractivity contribution is 0.270. The van der Waals surface area contributed by atoms with Crippen LogP contribution in [0.4, 0.5) is 0 Å². The van der Waals surface area contributed by atoms with Crippen LogP contribution in [0.1, 0.15) is 19.8 Å². The fraction of sp³-hybridized carbons (Fsp3) is 0.778. The summed E-state index contributed by atoms with van der Waals surface area (Å²) >= 11 is 0. The Kier molecular flexibility index (Phi) is 6.78. The van der Waals surface area contributed by atoms with E-state index < -0.39 is 10.1 Å². The second-order valence-corrected chi connectivity index (χ2v) is 5.22. The number of unbranched alkanes of at least 4 members (excludes halogenated alkanes) is 1. The Bertz CT molecular complexity index is 319. The summed E-state index contributed by atoms with van der Waals surface area (Å²) in [5.41, 5.74) is 0. The van der Waals surface area contributed by atoms with Crippen molar-refractivity contribution in [3.05, 3.63) is 12.4 Å². The van der Waals surface area contributed by atoms with Crippen molar-refractivity contribution in [2.75, 3.05) is 25.5 Å². The maximum absolute atomic E-state index is 10.4. The largest absolute Gasteiger partial charge is 0.359 e. The average Bonchev–Trinajstić information content (AvgIpc) is 2.59. The molecule has 1 aliphatic heterocycles. The third-order valence-electron chi connectivity index (χ3n) is 2.36. The van der Waals surface area contributed by atoms with Crippen LogP contribution >= 0.6 is 12.4 Å². The van der Waals surface area contributed by atoms with Crippen LogP contribution in [0.3, 0.4) is 0 Å². The van der Waals surface area contributed by atoms with E-state index in [1.165, 1.54) is 0 Å². The average molecular weight is 271 g/mol. The minimum Gasteiger partial charge on any atom is -0.359 e. The van der Waals surface area contributed by atoms with E-state index in [0.717, 1.165) is 26.2 Å². The molecule has 1 heterocycles. The first-order chi connectivity index (χ1) is 7.01. The van der Waals surface area contributed by atoms with Gasteiger partial charge in [-0.25, -0.2) is 0 Å². The highest BCUT2D eigenvalue weighted by atomic mass is 35.5. The van der Waals surface area contributed by atoms with Crippen LogP contribution in [-0.2, 0) is 10.1 Å². The maximum atomic E-state index is 10.4. The van der Waals surface area contributed by atoms with Crippen molar-refractivity contribution in [1.82, 2.24) is 9.80 Å². The topological polar surface area (TPSA) is 60.9 Å². The minimum absolute atomic E-state index is 0. The Balaban J connectivity index is 0.00000225. The smallest absolute Gasteiger partial charge is 0.264 e. The van der Waals surface area contributed by atoms with Crippen molar-refractivity contribution in [2.24, 2.45) is 0 Å². The molecular weight excluding hydrogens is 252 g/mol. The fourth-order valence-corrected chi connectivity index (χ4v) is 2.04. The molecule has 0 aromatic rings. The Hall–Kier alpha value is -0.460. The quantitative estimate of drug-likeness (QED) is 0.579. The van der Waals surface area contributed by atoms with Crippen molar-refractivity contribution < 1.29 is 13.0 Å². The Labute approximate surface area is 103 Å². The van der Waals surface area contributed by atoms with E-state index in [1.54, 1.807) is 0 Å². The number of rotatable bonds is 6. The standard InChI is InChI=1S/C9H18N2O3S.ClH/c1-2-10-6-7-11(9-10)5-3-4-8-15(12,13)14;/h6-7H,2-5,8-9H2,1H3,(H,12,13,14);1H. The molecule has 1 rings (SSSR count). The van der Waals surface area contributed by atoms with Gasteiger partial charge in [0.05, 0.1) is 12.4 Å². The van der Waals surface area contributed by atoms with Crippen LogP contribution < -0.4 is 0 Å². The maximum Gasteiger partial charge on any atom is 0.264 e. The molecule has 0 bridgehead atoms. The van der Waals surface area contributed by atoms with E-state index in [-0.39, 0.29) is 18.2 Å². The second kappa shape index (κ2) is 6.98. The van der Waals surface area contributed by atoms with Crippen molar-refractivity contribution in [3.8, 4) is 0 Å². The van der Waals surface area contributed by atoms with E-state index in [9.17, 15) is 8.42 Å². The van der Waals surface area contributed by atoms with E-state index in [2.05, 4.69) is 16.7 Å². The van der Waals surface area contributed by atoms with Crippen LogP contribution in [0.5, 0.6) is 0 Å². The molecule has 0 atom stereocenters. The van der Waals surface area contributed by atoms with E-state index in [0.29, 0.717) is 6.42 Å². The van der Waals surface area contributed by atoms with Gasteiger partial charge in [0, 0.05) is 25.5 Å². The fourth-order valence-electron chi connectivity index (χ4n) is 1.47. The van der Waals surface area contributed by atoms with Crippen molar-refractivity contribution in [1.29, 1.82) is 0 Å². The van der Waals surface area contributed by atoms with Crippen molar-refractivity contribution >= 4 is 22.5 Å². The van der Waals surface area contributed by atoms with Crippen LogP contribution in [-0.4, -0.2) is 48.3 Å². The second-order valence-electron chi connectivity index (χ2n) is 3.65. The minimum atomic E-state index is -3.78. The Morgan fingerprint density at radius 1 is 1.25 bits per heavy atom. The molecule has 0 saturated heterocycles. The van der Waals surface area contributed by atoms with E-state index >= 15 is 0 Å². The Morgan fingerprint density at radius 3 is 2.38 bits per heavy atom. The molecule has 0 fully saturated rings. The molecule has 0 unspecified atom stereocenters. The zero-order valence-electron chi connectivity index (χ0n) is 9.37. The highest BCUT2D eigenvalue weighted by Gasteiger charge is 2.10. The third-order valence-corrected chi connectivity index (χ3v) is 3.16. The molecule has 0 amide bonds. The lowest BCUT2D eigenvalue weighted by Gasteiger charge is -2.19. The molecule has 0 radical (unpaired) electrons. The van der Waals surface area contributed by atoms with E-state index in [4.69, 9.17) is 4.55 Å². The number of nitrogens with zero attached hydrogens (tertiary/aromatic N) is 2. The van der Waals surface area contributed by atoms with Gasteiger partial charge in [0.1, 0.15) is 0 Å². The molecule has 0 aliphatic carbocycles. The summed E-state index contributed by atoms with van der Waals surface area (Å²) in [5, 5.41) is 0. The molecular formula is C9H19ClN2O3S. The SMILES string of the molecule is CCN1C=CN(CCCCS(=O)(=O)O)C1.Cl. The van der Waals surface area contributed by atoms with Crippen LogP contribution in [0.2, 0.25) is 0 Å². The summed E-state index contributed by atoms with van der Waals surface area (Å²) in [7, 11) is -3.78. The van der Waals surface area contributed by atoms with Gasteiger partial charge in [-0.15, -0.1) is 12.4 Å². The molecule has 96 valence electrons. The molecule has 0 aromatic carbocycles. The summed E-state index contributed by atoms with van der Waals surface area (Å²) < 4.78 is 29.4. The molecule has 1 aliphatic rings. The molecule has 16 heavy (non-hydrogen) atoms. The highest BCUT2D eigenvalue weighted by molar-refractivity contribution is 7.85. The molecule has 0 aromatic heterocycles. The molecule has 1 N–H and O–H groups in total. The zero-order valence-corrected chi connectivity index (χ0v) is 11.0. The van der Waals surface area contributed by atoms with Crippen LogP contribution in [0.15, 0.2) is 12.4 Å². The van der Waals surface area contributed by atoms with Gasteiger partial charge in [-0.3, -0.25) is 4.55 Å². The lowest BCUT2D eigenvalue weighted by atomic mass is 10.3. The first-order valence-corrected chi connectivity index (χ1v) is 6.74. The van der Waals surface area contributed by atoms with Gasteiger partial charge in [0.15, 0.2) is 0 Å². The first-order valence-electron chi connectivity index (χ1n) is 5.13. The Morgan fingerprint density at radius 2 is 1.88 bits per heavy atom. The van der Waals surface area contributed by atoms with Gasteiger partial charge in [-0.1, -0.05) is 0 Å². The summed E-state index contributed by atoms with van der Waals surface area (Å²) in [6.07, 6.45) is 5.33. The molecule has 7 heteroatoms. The van der Waals surface area contributed by atoms with Gasteiger partial charge in [-0.2, -0.15) is 8.42 Å². The van der Waals surface area contributed by atoms with Crippen molar-refractivity contribution in [3.63, 3.8) is 0 Å². The highest BCUT2D eigenvalue weighted by Crippen LogP contribution is 2.07.